The van der Waals surface area contributed by atoms with Crippen molar-refractivity contribution in [3.8, 4) is 11.5 Å². The minimum absolute atomic E-state index is 0.148. The number of amides is 1. The number of halogens is 2. The third kappa shape index (κ3) is 3.60. The van der Waals surface area contributed by atoms with E-state index >= 15 is 0 Å². The van der Waals surface area contributed by atoms with Gasteiger partial charge in [-0.2, -0.15) is 0 Å². The summed E-state index contributed by atoms with van der Waals surface area (Å²) in [5.74, 6) is -0.736. The van der Waals surface area contributed by atoms with Crippen LogP contribution in [0.5, 0.6) is 11.5 Å². The minimum Gasteiger partial charge on any atom is -0.455 e. The number of pyridine rings is 1. The van der Waals surface area contributed by atoms with Gasteiger partial charge in [-0.1, -0.05) is 18.2 Å². The SMILES string of the molecule is CCNC(=O)C(C)(C)c1c(F)cccc1Oc1cnc2c(F)cccc2c1. The van der Waals surface area contributed by atoms with Gasteiger partial charge in [-0.15, -0.1) is 0 Å². The number of hydrogen-bond donors (Lipinski definition) is 1. The predicted octanol–water partition coefficient (Wildman–Crippen LogP) is 4.72. The van der Waals surface area contributed by atoms with E-state index in [4.69, 9.17) is 4.74 Å². The number of likely N-dealkylation sites (N-methyl/N-ethyl adjacent to an activating group) is 1. The summed E-state index contributed by atoms with van der Waals surface area (Å²) in [5.41, 5.74) is -0.769. The summed E-state index contributed by atoms with van der Waals surface area (Å²) >= 11 is 0. The number of nitrogens with zero attached hydrogens (tertiary/aromatic N) is 1. The van der Waals surface area contributed by atoms with Gasteiger partial charge in [0.05, 0.1) is 11.6 Å². The molecule has 1 heterocycles. The van der Waals surface area contributed by atoms with E-state index in [0.29, 0.717) is 17.7 Å². The molecule has 1 amide bonds. The molecule has 3 rings (SSSR count). The summed E-state index contributed by atoms with van der Waals surface area (Å²) in [6, 6.07) is 10.6. The molecule has 0 unspecified atom stereocenters. The average molecular weight is 370 g/mol. The Morgan fingerprint density at radius 3 is 2.59 bits per heavy atom. The fourth-order valence-electron chi connectivity index (χ4n) is 2.98. The van der Waals surface area contributed by atoms with Crippen LogP contribution in [0.2, 0.25) is 0 Å². The number of hydrogen-bond acceptors (Lipinski definition) is 3. The van der Waals surface area contributed by atoms with Crippen molar-refractivity contribution in [3.63, 3.8) is 0 Å². The van der Waals surface area contributed by atoms with E-state index in [-0.39, 0.29) is 22.7 Å². The van der Waals surface area contributed by atoms with Gasteiger partial charge in [-0.05, 0) is 45.0 Å². The number of nitrogens with one attached hydrogen (secondary N) is 1. The van der Waals surface area contributed by atoms with E-state index in [1.165, 1.54) is 24.4 Å². The number of aromatic nitrogens is 1. The standard InChI is InChI=1S/C21H20F2N2O2/c1-4-24-20(26)21(2,3)18-15(22)8-6-10-17(18)27-14-11-13-7-5-9-16(23)19(13)25-12-14/h5-12H,4H2,1-3H3,(H,24,26). The molecular weight excluding hydrogens is 350 g/mol. The molecule has 140 valence electrons. The van der Waals surface area contributed by atoms with Crippen molar-refractivity contribution in [1.82, 2.24) is 10.3 Å². The number of benzene rings is 2. The molecule has 1 aromatic heterocycles. The van der Waals surface area contributed by atoms with Crippen molar-refractivity contribution in [3.05, 3.63) is 65.9 Å². The Kier molecular flexibility index (Phi) is 5.08. The van der Waals surface area contributed by atoms with Crippen LogP contribution >= 0.6 is 0 Å². The molecule has 6 heteroatoms. The van der Waals surface area contributed by atoms with Crippen LogP contribution in [-0.2, 0) is 10.2 Å². The molecule has 0 saturated heterocycles. The van der Waals surface area contributed by atoms with Gasteiger partial charge in [0.25, 0.3) is 0 Å². The van der Waals surface area contributed by atoms with Crippen molar-refractivity contribution < 1.29 is 18.3 Å². The summed E-state index contributed by atoms with van der Waals surface area (Å²) in [6.45, 7) is 5.51. The lowest BCUT2D eigenvalue weighted by Gasteiger charge is -2.26. The Bertz CT molecular complexity index is 1000. The Balaban J connectivity index is 2.03. The summed E-state index contributed by atoms with van der Waals surface area (Å²) < 4.78 is 34.3. The maximum absolute atomic E-state index is 14.6. The monoisotopic (exact) mass is 370 g/mol. The van der Waals surface area contributed by atoms with Crippen molar-refractivity contribution in [2.45, 2.75) is 26.2 Å². The van der Waals surface area contributed by atoms with Crippen LogP contribution in [0.4, 0.5) is 8.78 Å². The number of rotatable bonds is 5. The van der Waals surface area contributed by atoms with Gasteiger partial charge < -0.3 is 10.1 Å². The molecule has 0 aliphatic carbocycles. The number of fused-ring (bicyclic) bond motifs is 1. The van der Waals surface area contributed by atoms with Crippen molar-refractivity contribution in [2.75, 3.05) is 6.54 Å². The van der Waals surface area contributed by atoms with Gasteiger partial charge in [0.1, 0.15) is 28.7 Å². The molecule has 1 N–H and O–H groups in total. The van der Waals surface area contributed by atoms with E-state index in [0.717, 1.165) is 0 Å². The topological polar surface area (TPSA) is 51.2 Å². The van der Waals surface area contributed by atoms with Gasteiger partial charge in [0.15, 0.2) is 0 Å². The molecule has 0 aliphatic heterocycles. The van der Waals surface area contributed by atoms with E-state index in [9.17, 15) is 13.6 Å². The molecule has 0 atom stereocenters. The molecule has 27 heavy (non-hydrogen) atoms. The molecule has 0 bridgehead atoms. The van der Waals surface area contributed by atoms with E-state index in [1.807, 2.05) is 0 Å². The van der Waals surface area contributed by atoms with E-state index < -0.39 is 17.0 Å². The first-order valence-corrected chi connectivity index (χ1v) is 8.64. The normalized spacial score (nSPS) is 11.4. The maximum Gasteiger partial charge on any atom is 0.230 e. The molecule has 0 spiro atoms. The lowest BCUT2D eigenvalue weighted by molar-refractivity contribution is -0.125. The molecule has 2 aromatic carbocycles. The summed E-state index contributed by atoms with van der Waals surface area (Å²) in [7, 11) is 0. The highest BCUT2D eigenvalue weighted by molar-refractivity contribution is 5.88. The maximum atomic E-state index is 14.6. The molecule has 0 saturated carbocycles. The lowest BCUT2D eigenvalue weighted by Crippen LogP contribution is -2.40. The van der Waals surface area contributed by atoms with Gasteiger partial charge >= 0.3 is 0 Å². The van der Waals surface area contributed by atoms with Crippen LogP contribution in [0, 0.1) is 11.6 Å². The van der Waals surface area contributed by atoms with Crippen LogP contribution in [0.3, 0.4) is 0 Å². The highest BCUT2D eigenvalue weighted by Gasteiger charge is 2.35. The average Bonchev–Trinajstić information content (AvgIpc) is 2.62. The van der Waals surface area contributed by atoms with Crippen LogP contribution in [-0.4, -0.2) is 17.4 Å². The quantitative estimate of drug-likeness (QED) is 0.707. The molecule has 0 radical (unpaired) electrons. The Hall–Kier alpha value is -3.02. The zero-order chi connectivity index (χ0) is 19.6. The number of carbonyl (C=O) groups is 1. The van der Waals surface area contributed by atoms with Gasteiger partial charge in [0.2, 0.25) is 5.91 Å². The second-order valence-corrected chi connectivity index (χ2v) is 6.68. The Labute approximate surface area is 156 Å². The Morgan fingerprint density at radius 2 is 1.85 bits per heavy atom. The third-order valence-corrected chi connectivity index (χ3v) is 4.37. The summed E-state index contributed by atoms with van der Waals surface area (Å²) in [4.78, 5) is 16.5. The molecule has 3 aromatic rings. The van der Waals surface area contributed by atoms with E-state index in [1.54, 1.807) is 45.0 Å². The van der Waals surface area contributed by atoms with Crippen LogP contribution in [0.1, 0.15) is 26.3 Å². The second-order valence-electron chi connectivity index (χ2n) is 6.68. The van der Waals surface area contributed by atoms with Crippen LogP contribution in [0.25, 0.3) is 10.9 Å². The molecule has 0 aliphatic rings. The first kappa shape index (κ1) is 18.8. The lowest BCUT2D eigenvalue weighted by atomic mass is 9.82. The highest BCUT2D eigenvalue weighted by atomic mass is 19.1. The smallest absolute Gasteiger partial charge is 0.230 e. The number of carbonyl (C=O) groups excluding carboxylic acids is 1. The van der Waals surface area contributed by atoms with Gasteiger partial charge in [-0.25, -0.2) is 13.8 Å². The predicted molar refractivity (Wildman–Crippen MR) is 99.9 cm³/mol. The third-order valence-electron chi connectivity index (χ3n) is 4.37. The number of para-hydroxylation sites is 1. The van der Waals surface area contributed by atoms with Gasteiger partial charge in [0, 0.05) is 17.5 Å². The number of ether oxygens (including phenoxy) is 1. The van der Waals surface area contributed by atoms with Crippen molar-refractivity contribution in [1.29, 1.82) is 0 Å². The van der Waals surface area contributed by atoms with Crippen LogP contribution < -0.4 is 10.1 Å². The molecule has 4 nitrogen and oxygen atoms in total. The zero-order valence-electron chi connectivity index (χ0n) is 15.3. The van der Waals surface area contributed by atoms with Crippen molar-refractivity contribution >= 4 is 16.8 Å². The molecule has 0 fully saturated rings. The largest absolute Gasteiger partial charge is 0.455 e. The molecular formula is C21H20F2N2O2. The second kappa shape index (κ2) is 7.31. The summed E-state index contributed by atoms with van der Waals surface area (Å²) in [6.07, 6.45) is 1.37. The first-order valence-electron chi connectivity index (χ1n) is 8.64. The minimum atomic E-state index is -1.15. The fraction of sp³-hybridized carbons (Fsp3) is 0.238. The Morgan fingerprint density at radius 1 is 1.15 bits per heavy atom. The van der Waals surface area contributed by atoms with E-state index in [2.05, 4.69) is 10.3 Å². The van der Waals surface area contributed by atoms with Crippen molar-refractivity contribution in [2.24, 2.45) is 0 Å². The highest BCUT2D eigenvalue weighted by Crippen LogP contribution is 2.37. The summed E-state index contributed by atoms with van der Waals surface area (Å²) in [5, 5.41) is 3.28. The van der Waals surface area contributed by atoms with Gasteiger partial charge in [-0.3, -0.25) is 4.79 Å². The fourth-order valence-corrected chi connectivity index (χ4v) is 2.98. The first-order chi connectivity index (χ1) is 12.8. The zero-order valence-corrected chi connectivity index (χ0v) is 15.3. The van der Waals surface area contributed by atoms with Crippen LogP contribution in [0.15, 0.2) is 48.7 Å².